The van der Waals surface area contributed by atoms with E-state index in [2.05, 4.69) is 15.3 Å². The van der Waals surface area contributed by atoms with E-state index < -0.39 is 0 Å². The molecule has 132 valence electrons. The Bertz CT molecular complexity index is 847. The maximum absolute atomic E-state index is 12.6. The lowest BCUT2D eigenvalue weighted by atomic mass is 9.98. The number of rotatable bonds is 6. The van der Waals surface area contributed by atoms with Crippen molar-refractivity contribution in [3.63, 3.8) is 0 Å². The molecule has 1 atom stereocenters. The molecule has 0 bridgehead atoms. The molecular formula is C21H21N3O2. The second-order valence-corrected chi connectivity index (χ2v) is 5.86. The first-order chi connectivity index (χ1) is 12.7. The van der Waals surface area contributed by atoms with Crippen molar-refractivity contribution in [1.82, 2.24) is 15.3 Å². The molecule has 1 heterocycles. The number of carbonyl (C=O) groups is 1. The van der Waals surface area contributed by atoms with E-state index in [1.807, 2.05) is 68.4 Å². The van der Waals surface area contributed by atoms with Crippen LogP contribution < -0.4 is 10.1 Å². The Labute approximate surface area is 153 Å². The molecule has 5 heteroatoms. The predicted molar refractivity (Wildman–Crippen MR) is 100 cm³/mol. The van der Waals surface area contributed by atoms with E-state index in [-0.39, 0.29) is 11.9 Å². The summed E-state index contributed by atoms with van der Waals surface area (Å²) in [5, 5.41) is 3.05. The minimum absolute atomic E-state index is 0.264. The van der Waals surface area contributed by atoms with Crippen LogP contribution in [0.15, 0.2) is 67.0 Å². The number of benzene rings is 2. The molecule has 3 aromatic rings. The Morgan fingerprint density at radius 2 is 1.69 bits per heavy atom. The molecule has 0 aliphatic heterocycles. The fraction of sp³-hybridized carbons (Fsp3) is 0.190. The van der Waals surface area contributed by atoms with Crippen LogP contribution in [-0.2, 0) is 0 Å². The molecule has 0 aliphatic rings. The third kappa shape index (κ3) is 4.25. The molecule has 3 rings (SSSR count). The van der Waals surface area contributed by atoms with E-state index in [1.54, 1.807) is 6.20 Å². The summed E-state index contributed by atoms with van der Waals surface area (Å²) in [5.41, 5.74) is 3.02. The number of nitrogens with one attached hydrogen (secondary N) is 1. The first kappa shape index (κ1) is 17.6. The summed E-state index contributed by atoms with van der Waals surface area (Å²) in [6.07, 6.45) is 3.08. The highest BCUT2D eigenvalue weighted by Crippen LogP contribution is 2.24. The zero-order valence-electron chi connectivity index (χ0n) is 14.8. The monoisotopic (exact) mass is 347 g/mol. The van der Waals surface area contributed by atoms with Gasteiger partial charge in [0, 0.05) is 6.20 Å². The van der Waals surface area contributed by atoms with Crippen molar-refractivity contribution in [2.45, 2.75) is 19.9 Å². The molecule has 5 nitrogen and oxygen atoms in total. The van der Waals surface area contributed by atoms with Crippen LogP contribution in [0.5, 0.6) is 5.75 Å². The molecule has 26 heavy (non-hydrogen) atoms. The lowest BCUT2D eigenvalue weighted by Gasteiger charge is -2.20. The summed E-state index contributed by atoms with van der Waals surface area (Å²) < 4.78 is 5.50. The molecule has 2 aromatic carbocycles. The predicted octanol–water partition coefficient (Wildman–Crippen LogP) is 3.70. The number of aromatic nitrogens is 2. The summed E-state index contributed by atoms with van der Waals surface area (Å²) in [7, 11) is 0. The Kier molecular flexibility index (Phi) is 5.59. The van der Waals surface area contributed by atoms with Gasteiger partial charge in [0.25, 0.3) is 5.91 Å². The minimum Gasteiger partial charge on any atom is -0.494 e. The highest BCUT2D eigenvalue weighted by atomic mass is 16.5. The van der Waals surface area contributed by atoms with Gasteiger partial charge in [-0.2, -0.15) is 0 Å². The fourth-order valence-electron chi connectivity index (χ4n) is 2.64. The fourth-order valence-corrected chi connectivity index (χ4v) is 2.64. The zero-order valence-corrected chi connectivity index (χ0v) is 14.8. The summed E-state index contributed by atoms with van der Waals surface area (Å²) in [6, 6.07) is 17.3. The standard InChI is InChI=1S/C21H21N3O2/c1-3-26-18-11-9-17(10-12-18)20(16-7-5-4-6-8-16)24-21(25)19-14-22-15(2)13-23-19/h4-14,20H,3H2,1-2H3,(H,24,25)/t20-/m1/s1. The van der Waals surface area contributed by atoms with E-state index in [0.29, 0.717) is 12.3 Å². The smallest absolute Gasteiger partial charge is 0.272 e. The zero-order chi connectivity index (χ0) is 18.4. The maximum Gasteiger partial charge on any atom is 0.272 e. The summed E-state index contributed by atoms with van der Waals surface area (Å²) >= 11 is 0. The lowest BCUT2D eigenvalue weighted by Crippen LogP contribution is -2.30. The third-order valence-electron chi connectivity index (χ3n) is 3.95. The van der Waals surface area contributed by atoms with Gasteiger partial charge in [-0.15, -0.1) is 0 Å². The van der Waals surface area contributed by atoms with E-state index in [1.165, 1.54) is 6.20 Å². The van der Waals surface area contributed by atoms with Crippen LogP contribution in [0.1, 0.15) is 40.3 Å². The van der Waals surface area contributed by atoms with Gasteiger partial charge in [0.15, 0.2) is 0 Å². The van der Waals surface area contributed by atoms with Crippen molar-refractivity contribution in [3.05, 3.63) is 89.5 Å². The van der Waals surface area contributed by atoms with Crippen molar-refractivity contribution in [2.75, 3.05) is 6.61 Å². The Morgan fingerprint density at radius 1 is 1.00 bits per heavy atom. The van der Waals surface area contributed by atoms with Crippen molar-refractivity contribution < 1.29 is 9.53 Å². The maximum atomic E-state index is 12.6. The number of nitrogens with zero attached hydrogens (tertiary/aromatic N) is 2. The summed E-state index contributed by atoms with van der Waals surface area (Å²) in [4.78, 5) is 21.0. The van der Waals surface area contributed by atoms with Gasteiger partial charge in [-0.05, 0) is 37.1 Å². The van der Waals surface area contributed by atoms with Crippen LogP contribution >= 0.6 is 0 Å². The molecule has 0 unspecified atom stereocenters. The number of carbonyl (C=O) groups excluding carboxylic acids is 1. The molecule has 1 amide bonds. The molecule has 0 fully saturated rings. The van der Waals surface area contributed by atoms with Gasteiger partial charge in [0.05, 0.1) is 24.5 Å². The molecule has 0 saturated heterocycles. The van der Waals surface area contributed by atoms with Crippen molar-refractivity contribution in [3.8, 4) is 5.75 Å². The largest absolute Gasteiger partial charge is 0.494 e. The van der Waals surface area contributed by atoms with Crippen LogP contribution in [-0.4, -0.2) is 22.5 Å². The first-order valence-electron chi connectivity index (χ1n) is 8.54. The second kappa shape index (κ2) is 8.25. The van der Waals surface area contributed by atoms with E-state index in [9.17, 15) is 4.79 Å². The lowest BCUT2D eigenvalue weighted by molar-refractivity contribution is 0.0937. The molecule has 1 aromatic heterocycles. The number of hydrogen-bond donors (Lipinski definition) is 1. The average Bonchev–Trinajstić information content (AvgIpc) is 2.68. The number of amides is 1. The first-order valence-corrected chi connectivity index (χ1v) is 8.54. The van der Waals surface area contributed by atoms with Gasteiger partial charge < -0.3 is 10.1 Å². The van der Waals surface area contributed by atoms with Gasteiger partial charge in [-0.25, -0.2) is 4.98 Å². The van der Waals surface area contributed by atoms with Gasteiger partial charge in [0.1, 0.15) is 11.4 Å². The Morgan fingerprint density at radius 3 is 2.31 bits per heavy atom. The summed E-state index contributed by atoms with van der Waals surface area (Å²) in [5.74, 6) is 0.541. The van der Waals surface area contributed by atoms with Gasteiger partial charge in [-0.3, -0.25) is 9.78 Å². The van der Waals surface area contributed by atoms with Crippen molar-refractivity contribution >= 4 is 5.91 Å². The number of ether oxygens (including phenoxy) is 1. The van der Waals surface area contributed by atoms with Gasteiger partial charge >= 0.3 is 0 Å². The summed E-state index contributed by atoms with van der Waals surface area (Å²) in [6.45, 7) is 4.40. The van der Waals surface area contributed by atoms with Crippen molar-refractivity contribution in [1.29, 1.82) is 0 Å². The highest BCUT2D eigenvalue weighted by molar-refractivity contribution is 5.92. The topological polar surface area (TPSA) is 64.1 Å². The molecule has 0 aliphatic carbocycles. The third-order valence-corrected chi connectivity index (χ3v) is 3.95. The van der Waals surface area contributed by atoms with Gasteiger partial charge in [-0.1, -0.05) is 42.5 Å². The Hall–Kier alpha value is -3.21. The number of aryl methyl sites for hydroxylation is 1. The van der Waals surface area contributed by atoms with E-state index in [0.717, 1.165) is 22.6 Å². The molecular weight excluding hydrogens is 326 g/mol. The van der Waals surface area contributed by atoms with Crippen molar-refractivity contribution in [2.24, 2.45) is 0 Å². The second-order valence-electron chi connectivity index (χ2n) is 5.86. The molecule has 0 saturated carbocycles. The van der Waals surface area contributed by atoms with Crippen LogP contribution in [0.2, 0.25) is 0 Å². The van der Waals surface area contributed by atoms with Crippen LogP contribution in [0.4, 0.5) is 0 Å². The van der Waals surface area contributed by atoms with E-state index in [4.69, 9.17) is 4.74 Å². The minimum atomic E-state index is -0.289. The Balaban J connectivity index is 1.88. The molecule has 0 radical (unpaired) electrons. The molecule has 0 spiro atoms. The molecule has 1 N–H and O–H groups in total. The number of hydrogen-bond acceptors (Lipinski definition) is 4. The SMILES string of the molecule is CCOc1ccc([C@H](NC(=O)c2cnc(C)cn2)c2ccccc2)cc1. The van der Waals surface area contributed by atoms with Crippen LogP contribution in [0, 0.1) is 6.92 Å². The quantitative estimate of drug-likeness (QED) is 0.738. The van der Waals surface area contributed by atoms with Gasteiger partial charge in [0.2, 0.25) is 0 Å². The van der Waals surface area contributed by atoms with E-state index >= 15 is 0 Å². The van der Waals surface area contributed by atoms with Crippen LogP contribution in [0.25, 0.3) is 0 Å². The normalized spacial score (nSPS) is 11.6. The van der Waals surface area contributed by atoms with Crippen LogP contribution in [0.3, 0.4) is 0 Å². The average molecular weight is 347 g/mol. The highest BCUT2D eigenvalue weighted by Gasteiger charge is 2.18.